The summed E-state index contributed by atoms with van der Waals surface area (Å²) >= 11 is 0. The summed E-state index contributed by atoms with van der Waals surface area (Å²) in [5.41, 5.74) is -0.720. The summed E-state index contributed by atoms with van der Waals surface area (Å²) in [7, 11) is -3.15. The van der Waals surface area contributed by atoms with Gasteiger partial charge in [-0.1, -0.05) is 6.07 Å². The lowest BCUT2D eigenvalue weighted by Crippen LogP contribution is -2.27. The molecule has 2 aliphatic rings. The van der Waals surface area contributed by atoms with E-state index in [0.717, 1.165) is 0 Å². The normalized spacial score (nSPS) is 29.2. The van der Waals surface area contributed by atoms with Gasteiger partial charge < -0.3 is 14.6 Å². The average molecular weight is 270 g/mol. The highest BCUT2D eigenvalue weighted by Gasteiger charge is 2.42. The maximum Gasteiger partial charge on any atom is 0.161 e. The molecule has 3 rings (SSSR count). The Morgan fingerprint density at radius 2 is 1.89 bits per heavy atom. The molecule has 6 heteroatoms. The van der Waals surface area contributed by atoms with Crippen molar-refractivity contribution in [3.63, 3.8) is 0 Å². The van der Waals surface area contributed by atoms with Gasteiger partial charge in [-0.2, -0.15) is 0 Å². The second-order valence-corrected chi connectivity index (χ2v) is 6.92. The van der Waals surface area contributed by atoms with Gasteiger partial charge in [0.05, 0.1) is 11.5 Å². The molecule has 18 heavy (non-hydrogen) atoms. The molecular formula is C12H14O5S. The Balaban J connectivity index is 1.98. The van der Waals surface area contributed by atoms with Crippen molar-refractivity contribution in [3.8, 4) is 11.5 Å². The second-order valence-electron chi connectivity index (χ2n) is 4.73. The van der Waals surface area contributed by atoms with Crippen LogP contribution in [-0.2, 0) is 15.4 Å². The van der Waals surface area contributed by atoms with Gasteiger partial charge in [-0.3, -0.25) is 0 Å². The van der Waals surface area contributed by atoms with Gasteiger partial charge in [-0.05, 0) is 24.1 Å². The van der Waals surface area contributed by atoms with E-state index in [4.69, 9.17) is 9.47 Å². The van der Waals surface area contributed by atoms with Gasteiger partial charge in [-0.25, -0.2) is 8.42 Å². The number of hydrogen-bond acceptors (Lipinski definition) is 5. The Hall–Kier alpha value is -1.27. The highest BCUT2D eigenvalue weighted by atomic mass is 32.2. The number of ether oxygens (including phenoxy) is 2. The van der Waals surface area contributed by atoms with Crippen molar-refractivity contribution in [2.24, 2.45) is 0 Å². The van der Waals surface area contributed by atoms with Crippen LogP contribution in [0, 0.1) is 0 Å². The van der Waals surface area contributed by atoms with E-state index in [0.29, 0.717) is 30.3 Å². The molecular weight excluding hydrogens is 256 g/mol. The fourth-order valence-corrected chi connectivity index (χ4v) is 4.22. The molecule has 0 bridgehead atoms. The summed E-state index contributed by atoms with van der Waals surface area (Å²) in [6.45, 7) is 0.970. The molecule has 0 spiro atoms. The maximum atomic E-state index is 11.5. The van der Waals surface area contributed by atoms with E-state index in [2.05, 4.69) is 0 Å². The van der Waals surface area contributed by atoms with Crippen molar-refractivity contribution >= 4 is 9.84 Å². The summed E-state index contributed by atoms with van der Waals surface area (Å²) in [5, 5.41) is 10.4. The molecule has 2 aliphatic heterocycles. The van der Waals surface area contributed by atoms with Crippen LogP contribution in [0.3, 0.4) is 0 Å². The fraction of sp³-hybridized carbons (Fsp3) is 0.500. The van der Waals surface area contributed by atoms with Gasteiger partial charge in [0.15, 0.2) is 21.3 Å². The van der Waals surface area contributed by atoms with Gasteiger partial charge >= 0.3 is 0 Å². The van der Waals surface area contributed by atoms with Crippen LogP contribution < -0.4 is 9.47 Å². The lowest BCUT2D eigenvalue weighted by Gasteiger charge is -2.24. The third-order valence-corrected chi connectivity index (χ3v) is 5.11. The van der Waals surface area contributed by atoms with E-state index in [9.17, 15) is 13.5 Å². The molecule has 1 unspecified atom stereocenters. The zero-order valence-electron chi connectivity index (χ0n) is 9.76. The number of aliphatic hydroxyl groups is 1. The lowest BCUT2D eigenvalue weighted by atomic mass is 9.93. The minimum absolute atomic E-state index is 0.0257. The number of fused-ring (bicyclic) bond motifs is 1. The van der Waals surface area contributed by atoms with Crippen LogP contribution in [0.5, 0.6) is 11.5 Å². The maximum absolute atomic E-state index is 11.5. The van der Waals surface area contributed by atoms with Crippen LogP contribution in [0.1, 0.15) is 12.0 Å². The van der Waals surface area contributed by atoms with Crippen molar-refractivity contribution < 1.29 is 23.0 Å². The summed E-state index contributed by atoms with van der Waals surface area (Å²) in [6.07, 6.45) is 0.231. The van der Waals surface area contributed by atoms with Crippen molar-refractivity contribution in [3.05, 3.63) is 23.8 Å². The summed E-state index contributed by atoms with van der Waals surface area (Å²) in [5.74, 6) is 1.00. The molecule has 1 aromatic rings. The third kappa shape index (κ3) is 1.95. The second kappa shape index (κ2) is 3.86. The average Bonchev–Trinajstić information content (AvgIpc) is 2.64. The van der Waals surface area contributed by atoms with E-state index in [-0.39, 0.29) is 17.9 Å². The first kappa shape index (κ1) is 11.8. The van der Waals surface area contributed by atoms with E-state index in [1.165, 1.54) is 0 Å². The number of benzene rings is 1. The molecule has 0 saturated carbocycles. The van der Waals surface area contributed by atoms with Crippen LogP contribution >= 0.6 is 0 Å². The first-order valence-corrected chi connectivity index (χ1v) is 7.64. The van der Waals surface area contributed by atoms with Gasteiger partial charge in [0, 0.05) is 0 Å². The molecule has 0 radical (unpaired) electrons. The molecule has 0 aromatic heterocycles. The minimum Gasteiger partial charge on any atom is -0.486 e. The zero-order chi connectivity index (χ0) is 12.8. The summed E-state index contributed by atoms with van der Waals surface area (Å²) in [6, 6.07) is 5.09. The highest BCUT2D eigenvalue weighted by molar-refractivity contribution is 7.91. The van der Waals surface area contributed by atoms with E-state index >= 15 is 0 Å². The predicted molar refractivity (Wildman–Crippen MR) is 64.6 cm³/mol. The van der Waals surface area contributed by atoms with Gasteiger partial charge in [0.2, 0.25) is 0 Å². The molecule has 1 N–H and O–H groups in total. The Bertz CT molecular complexity index is 580. The molecule has 2 heterocycles. The van der Waals surface area contributed by atoms with E-state index in [1.54, 1.807) is 18.2 Å². The molecule has 0 aliphatic carbocycles. The topological polar surface area (TPSA) is 72.8 Å². The molecule has 1 fully saturated rings. The van der Waals surface area contributed by atoms with E-state index < -0.39 is 15.4 Å². The van der Waals surface area contributed by atoms with Gasteiger partial charge in [0.1, 0.15) is 18.8 Å². The lowest BCUT2D eigenvalue weighted by molar-refractivity contribution is 0.0645. The van der Waals surface area contributed by atoms with Crippen LogP contribution in [0.25, 0.3) is 0 Å². The van der Waals surface area contributed by atoms with Crippen LogP contribution in [0.2, 0.25) is 0 Å². The van der Waals surface area contributed by atoms with Crippen LogP contribution in [0.15, 0.2) is 18.2 Å². The Morgan fingerprint density at radius 1 is 1.17 bits per heavy atom. The van der Waals surface area contributed by atoms with Crippen molar-refractivity contribution in [1.82, 2.24) is 0 Å². The highest BCUT2D eigenvalue weighted by Crippen LogP contribution is 2.38. The van der Waals surface area contributed by atoms with Crippen LogP contribution in [0.4, 0.5) is 0 Å². The minimum atomic E-state index is -3.15. The SMILES string of the molecule is O=S1(=O)CCC(O)(c2ccc3c(c2)OCCO3)C1. The molecule has 1 atom stereocenters. The predicted octanol–water partition coefficient (Wildman–Crippen LogP) is 0.464. The zero-order valence-corrected chi connectivity index (χ0v) is 10.6. The molecule has 0 amide bonds. The van der Waals surface area contributed by atoms with Crippen molar-refractivity contribution in [2.45, 2.75) is 12.0 Å². The standard InChI is InChI=1S/C12H14O5S/c13-12(3-6-18(14,15)8-12)9-1-2-10-11(7-9)17-5-4-16-10/h1-2,7,13H,3-6,8H2. The number of rotatable bonds is 1. The smallest absolute Gasteiger partial charge is 0.161 e. The summed E-state index contributed by atoms with van der Waals surface area (Å²) < 4.78 is 33.8. The Morgan fingerprint density at radius 3 is 2.56 bits per heavy atom. The third-order valence-electron chi connectivity index (χ3n) is 3.36. The first-order chi connectivity index (χ1) is 8.49. The molecule has 5 nitrogen and oxygen atoms in total. The first-order valence-electron chi connectivity index (χ1n) is 5.82. The number of sulfone groups is 1. The van der Waals surface area contributed by atoms with Gasteiger partial charge in [-0.15, -0.1) is 0 Å². The largest absolute Gasteiger partial charge is 0.486 e. The van der Waals surface area contributed by atoms with E-state index in [1.807, 2.05) is 0 Å². The van der Waals surface area contributed by atoms with Crippen molar-refractivity contribution in [2.75, 3.05) is 24.7 Å². The Kier molecular flexibility index (Phi) is 2.53. The quantitative estimate of drug-likeness (QED) is 0.802. The fourth-order valence-electron chi connectivity index (χ4n) is 2.39. The van der Waals surface area contributed by atoms with Crippen molar-refractivity contribution in [1.29, 1.82) is 0 Å². The molecule has 1 aromatic carbocycles. The monoisotopic (exact) mass is 270 g/mol. The van der Waals surface area contributed by atoms with Gasteiger partial charge in [0.25, 0.3) is 0 Å². The number of hydrogen-bond donors (Lipinski definition) is 1. The Labute approximate surface area is 105 Å². The summed E-state index contributed by atoms with van der Waals surface area (Å²) in [4.78, 5) is 0. The molecule has 1 saturated heterocycles. The molecule has 98 valence electrons. The van der Waals surface area contributed by atoms with Crippen LogP contribution in [-0.4, -0.2) is 38.2 Å².